The largest absolute Gasteiger partial charge is 0.435 e. The summed E-state index contributed by atoms with van der Waals surface area (Å²) in [6, 6.07) is 14.9. The van der Waals surface area contributed by atoms with Crippen LogP contribution in [-0.4, -0.2) is 25.2 Å². The molecule has 0 spiro atoms. The Labute approximate surface area is 148 Å². The van der Waals surface area contributed by atoms with Crippen LogP contribution in [0, 0.1) is 0 Å². The molecule has 0 amide bonds. The van der Waals surface area contributed by atoms with Gasteiger partial charge in [0.2, 0.25) is 10.0 Å². The van der Waals surface area contributed by atoms with Crippen LogP contribution in [0.15, 0.2) is 65.6 Å². The first-order valence-corrected chi connectivity index (χ1v) is 8.97. The van der Waals surface area contributed by atoms with Gasteiger partial charge in [-0.05, 0) is 37.4 Å². The number of aromatic nitrogens is 2. The van der Waals surface area contributed by atoms with Gasteiger partial charge >= 0.3 is 6.18 Å². The third-order valence-corrected chi connectivity index (χ3v) is 5.16. The van der Waals surface area contributed by atoms with Crippen LogP contribution in [0.25, 0.3) is 16.9 Å². The molecule has 0 saturated heterocycles. The summed E-state index contributed by atoms with van der Waals surface area (Å²) in [5.74, 6) is 0. The molecule has 0 aliphatic rings. The van der Waals surface area contributed by atoms with Gasteiger partial charge in [0.15, 0.2) is 5.69 Å². The molecule has 136 valence electrons. The molecule has 0 radical (unpaired) electrons. The quantitative estimate of drug-likeness (QED) is 0.753. The van der Waals surface area contributed by atoms with Crippen LogP contribution in [0.4, 0.5) is 13.2 Å². The first kappa shape index (κ1) is 18.2. The van der Waals surface area contributed by atoms with Gasteiger partial charge in [-0.2, -0.15) is 18.3 Å². The maximum Gasteiger partial charge on any atom is 0.435 e. The lowest BCUT2D eigenvalue weighted by molar-refractivity contribution is -0.141. The van der Waals surface area contributed by atoms with Crippen LogP contribution in [0.5, 0.6) is 0 Å². The number of hydrogen-bond donors (Lipinski definition) is 1. The van der Waals surface area contributed by atoms with E-state index in [1.165, 1.54) is 31.3 Å². The highest BCUT2D eigenvalue weighted by atomic mass is 32.2. The van der Waals surface area contributed by atoms with Crippen LogP contribution in [0.3, 0.4) is 0 Å². The van der Waals surface area contributed by atoms with Gasteiger partial charge in [-0.25, -0.2) is 17.8 Å². The standard InChI is InChI=1S/C17H14F3N3O2S/c1-21-26(24,25)14-9-7-13(8-10-14)23-15(12-5-3-2-4-6-12)11-16(22-23)17(18,19)20/h2-11,21H,1H3. The van der Waals surface area contributed by atoms with Crippen LogP contribution < -0.4 is 4.72 Å². The van der Waals surface area contributed by atoms with E-state index in [4.69, 9.17) is 0 Å². The number of alkyl halides is 3. The Morgan fingerprint density at radius 1 is 1.00 bits per heavy atom. The van der Waals surface area contributed by atoms with Gasteiger partial charge in [-0.15, -0.1) is 0 Å². The minimum Gasteiger partial charge on any atom is -0.233 e. The molecule has 5 nitrogen and oxygen atoms in total. The van der Waals surface area contributed by atoms with Crippen molar-refractivity contribution in [1.82, 2.24) is 14.5 Å². The molecule has 1 aromatic heterocycles. The monoisotopic (exact) mass is 381 g/mol. The lowest BCUT2D eigenvalue weighted by atomic mass is 10.1. The molecule has 0 saturated carbocycles. The van der Waals surface area contributed by atoms with Crippen molar-refractivity contribution in [2.75, 3.05) is 7.05 Å². The number of nitrogens with one attached hydrogen (secondary N) is 1. The van der Waals surface area contributed by atoms with Gasteiger partial charge in [0.1, 0.15) is 0 Å². The van der Waals surface area contributed by atoms with E-state index in [2.05, 4.69) is 9.82 Å². The van der Waals surface area contributed by atoms with Gasteiger partial charge in [0.05, 0.1) is 16.3 Å². The lowest BCUT2D eigenvalue weighted by Gasteiger charge is -2.09. The molecule has 0 aliphatic heterocycles. The Balaban J connectivity index is 2.14. The average Bonchev–Trinajstić information content (AvgIpc) is 3.08. The smallest absolute Gasteiger partial charge is 0.233 e. The zero-order chi connectivity index (χ0) is 18.9. The van der Waals surface area contributed by atoms with Crippen molar-refractivity contribution in [3.63, 3.8) is 0 Å². The summed E-state index contributed by atoms with van der Waals surface area (Å²) in [5, 5.41) is 3.67. The molecule has 1 N–H and O–H groups in total. The van der Waals surface area contributed by atoms with Crippen LogP contribution in [0.2, 0.25) is 0 Å². The third-order valence-electron chi connectivity index (χ3n) is 3.73. The Kier molecular flexibility index (Phi) is 4.59. The topological polar surface area (TPSA) is 64.0 Å². The first-order valence-electron chi connectivity index (χ1n) is 7.49. The number of halogens is 3. The van der Waals surface area contributed by atoms with Crippen molar-refractivity contribution in [3.05, 3.63) is 66.4 Å². The molecule has 0 fully saturated rings. The van der Waals surface area contributed by atoms with E-state index in [-0.39, 0.29) is 10.6 Å². The van der Waals surface area contributed by atoms with Crippen molar-refractivity contribution in [2.45, 2.75) is 11.1 Å². The van der Waals surface area contributed by atoms with Gasteiger partial charge in [0, 0.05) is 5.56 Å². The minimum atomic E-state index is -4.59. The fourth-order valence-corrected chi connectivity index (χ4v) is 3.15. The molecular formula is C17H14F3N3O2S. The summed E-state index contributed by atoms with van der Waals surface area (Å²) < 4.78 is 66.3. The number of hydrogen-bond acceptors (Lipinski definition) is 3. The van der Waals surface area contributed by atoms with Crippen LogP contribution >= 0.6 is 0 Å². The summed E-state index contributed by atoms with van der Waals surface area (Å²) in [7, 11) is -2.36. The van der Waals surface area contributed by atoms with Gasteiger partial charge in [-0.1, -0.05) is 30.3 Å². The number of sulfonamides is 1. The van der Waals surface area contributed by atoms with E-state index in [9.17, 15) is 21.6 Å². The molecule has 26 heavy (non-hydrogen) atoms. The first-order chi connectivity index (χ1) is 12.2. The van der Waals surface area contributed by atoms with E-state index in [0.29, 0.717) is 11.3 Å². The van der Waals surface area contributed by atoms with Crippen molar-refractivity contribution < 1.29 is 21.6 Å². The molecule has 0 unspecified atom stereocenters. The summed E-state index contributed by atoms with van der Waals surface area (Å²) in [4.78, 5) is 0.00760. The highest BCUT2D eigenvalue weighted by molar-refractivity contribution is 7.89. The zero-order valence-electron chi connectivity index (χ0n) is 13.5. The predicted molar refractivity (Wildman–Crippen MR) is 90.2 cm³/mol. The predicted octanol–water partition coefficient (Wildman–Crippen LogP) is 3.47. The molecular weight excluding hydrogens is 367 g/mol. The second-order valence-corrected chi connectivity index (χ2v) is 7.28. The van der Waals surface area contributed by atoms with E-state index >= 15 is 0 Å². The maximum atomic E-state index is 13.1. The average molecular weight is 381 g/mol. The third kappa shape index (κ3) is 3.49. The highest BCUT2D eigenvalue weighted by Crippen LogP contribution is 2.33. The molecule has 9 heteroatoms. The Morgan fingerprint density at radius 3 is 2.15 bits per heavy atom. The maximum absolute atomic E-state index is 13.1. The van der Waals surface area contributed by atoms with Gasteiger partial charge < -0.3 is 0 Å². The minimum absolute atomic E-state index is 0.00760. The molecule has 3 rings (SSSR count). The molecule has 0 atom stereocenters. The van der Waals surface area contributed by atoms with Crippen LogP contribution in [0.1, 0.15) is 5.69 Å². The van der Waals surface area contributed by atoms with E-state index in [1.54, 1.807) is 30.3 Å². The summed E-state index contributed by atoms with van der Waals surface area (Å²) in [6.07, 6.45) is -4.59. The number of rotatable bonds is 4. The SMILES string of the molecule is CNS(=O)(=O)c1ccc(-n2nc(C(F)(F)F)cc2-c2ccccc2)cc1. The van der Waals surface area contributed by atoms with Gasteiger partial charge in [-0.3, -0.25) is 0 Å². The number of benzene rings is 2. The molecule has 0 bridgehead atoms. The number of nitrogens with zero attached hydrogens (tertiary/aromatic N) is 2. The van der Waals surface area contributed by atoms with Crippen molar-refractivity contribution in [3.8, 4) is 16.9 Å². The fraction of sp³-hybridized carbons (Fsp3) is 0.118. The molecule has 1 heterocycles. The lowest BCUT2D eigenvalue weighted by Crippen LogP contribution is -2.18. The zero-order valence-corrected chi connectivity index (χ0v) is 14.3. The summed E-state index contributed by atoms with van der Waals surface area (Å²) in [6.45, 7) is 0. The second kappa shape index (κ2) is 6.58. The highest BCUT2D eigenvalue weighted by Gasteiger charge is 2.35. The van der Waals surface area contributed by atoms with E-state index < -0.39 is 21.9 Å². The van der Waals surface area contributed by atoms with Gasteiger partial charge in [0.25, 0.3) is 0 Å². The normalized spacial score (nSPS) is 12.3. The van der Waals surface area contributed by atoms with Crippen molar-refractivity contribution >= 4 is 10.0 Å². The second-order valence-electron chi connectivity index (χ2n) is 5.39. The molecule has 0 aliphatic carbocycles. The Morgan fingerprint density at radius 2 is 1.62 bits per heavy atom. The fourth-order valence-electron chi connectivity index (χ4n) is 2.42. The summed E-state index contributed by atoms with van der Waals surface area (Å²) >= 11 is 0. The van der Waals surface area contributed by atoms with E-state index in [0.717, 1.165) is 10.7 Å². The summed E-state index contributed by atoms with van der Waals surface area (Å²) in [5.41, 5.74) is 0.0993. The molecule has 2 aromatic carbocycles. The Hall–Kier alpha value is -2.65. The Bertz CT molecular complexity index is 1010. The van der Waals surface area contributed by atoms with Crippen molar-refractivity contribution in [1.29, 1.82) is 0 Å². The molecule has 3 aromatic rings. The van der Waals surface area contributed by atoms with Crippen molar-refractivity contribution in [2.24, 2.45) is 0 Å². The van der Waals surface area contributed by atoms with E-state index in [1.807, 2.05) is 0 Å². The van der Waals surface area contributed by atoms with Crippen LogP contribution in [-0.2, 0) is 16.2 Å².